The molecule has 3 amide bonds. The van der Waals surface area contributed by atoms with Crippen molar-refractivity contribution in [1.29, 1.82) is 0 Å². The molecule has 1 aliphatic rings. The lowest BCUT2D eigenvalue weighted by Crippen LogP contribution is -2.36. The molecule has 0 aliphatic carbocycles. The summed E-state index contributed by atoms with van der Waals surface area (Å²) < 4.78 is 13.0. The standard InChI is InChI=1S/C19H25FN2O3/c1-2-3-4-12-21(14-15-5-7-16(20)8-6-15)17(23)11-13-22-18(24)9-10-19(22)25/h5-8H,2-4,9-14H2,1H3. The number of hydrogen-bond acceptors (Lipinski definition) is 3. The highest BCUT2D eigenvalue weighted by molar-refractivity contribution is 6.02. The van der Waals surface area contributed by atoms with Crippen molar-refractivity contribution in [3.63, 3.8) is 0 Å². The fraction of sp³-hybridized carbons (Fsp3) is 0.526. The van der Waals surface area contributed by atoms with Crippen LogP contribution >= 0.6 is 0 Å². The molecule has 1 aromatic rings. The molecular formula is C19H25FN2O3. The van der Waals surface area contributed by atoms with Crippen LogP contribution in [0.2, 0.25) is 0 Å². The number of halogens is 1. The van der Waals surface area contributed by atoms with Gasteiger partial charge in [-0.15, -0.1) is 0 Å². The number of amides is 3. The Morgan fingerprint density at radius 1 is 1.12 bits per heavy atom. The summed E-state index contributed by atoms with van der Waals surface area (Å²) in [6.07, 6.45) is 3.58. The van der Waals surface area contributed by atoms with Gasteiger partial charge in [0.1, 0.15) is 5.82 Å². The van der Waals surface area contributed by atoms with E-state index in [2.05, 4.69) is 6.92 Å². The average Bonchev–Trinajstić information content (AvgIpc) is 2.92. The highest BCUT2D eigenvalue weighted by Gasteiger charge is 2.29. The van der Waals surface area contributed by atoms with Crippen LogP contribution in [0.1, 0.15) is 51.0 Å². The molecule has 0 aromatic heterocycles. The Morgan fingerprint density at radius 2 is 1.76 bits per heavy atom. The quantitative estimate of drug-likeness (QED) is 0.509. The summed E-state index contributed by atoms with van der Waals surface area (Å²) in [6.45, 7) is 3.26. The summed E-state index contributed by atoms with van der Waals surface area (Å²) in [5, 5.41) is 0. The first kappa shape index (κ1) is 19.1. The summed E-state index contributed by atoms with van der Waals surface area (Å²) in [6, 6.07) is 6.10. The van der Waals surface area contributed by atoms with E-state index < -0.39 is 0 Å². The minimum Gasteiger partial charge on any atom is -0.338 e. The van der Waals surface area contributed by atoms with Crippen LogP contribution in [0, 0.1) is 5.82 Å². The second kappa shape index (κ2) is 9.30. The average molecular weight is 348 g/mol. The number of hydrogen-bond donors (Lipinski definition) is 0. The van der Waals surface area contributed by atoms with Crippen molar-refractivity contribution in [2.45, 2.75) is 52.0 Å². The van der Waals surface area contributed by atoms with Crippen molar-refractivity contribution >= 4 is 17.7 Å². The summed E-state index contributed by atoms with van der Waals surface area (Å²) in [5.74, 6) is -0.797. The van der Waals surface area contributed by atoms with E-state index in [1.165, 1.54) is 17.0 Å². The molecule has 0 unspecified atom stereocenters. The van der Waals surface area contributed by atoms with Crippen molar-refractivity contribution in [2.75, 3.05) is 13.1 Å². The van der Waals surface area contributed by atoms with Gasteiger partial charge in [-0.2, -0.15) is 0 Å². The first-order valence-electron chi connectivity index (χ1n) is 8.86. The first-order valence-corrected chi connectivity index (χ1v) is 8.86. The first-order chi connectivity index (χ1) is 12.0. The van der Waals surface area contributed by atoms with Crippen LogP contribution in [0.25, 0.3) is 0 Å². The number of benzene rings is 1. The predicted octanol–water partition coefficient (Wildman–Crippen LogP) is 2.88. The number of nitrogens with zero attached hydrogens (tertiary/aromatic N) is 2. The van der Waals surface area contributed by atoms with Crippen molar-refractivity contribution in [3.8, 4) is 0 Å². The number of imide groups is 1. The lowest BCUT2D eigenvalue weighted by molar-refractivity contribution is -0.139. The van der Waals surface area contributed by atoms with Crippen LogP contribution in [0.4, 0.5) is 4.39 Å². The van der Waals surface area contributed by atoms with Gasteiger partial charge in [-0.25, -0.2) is 4.39 Å². The topological polar surface area (TPSA) is 57.7 Å². The van der Waals surface area contributed by atoms with Gasteiger partial charge in [-0.1, -0.05) is 31.9 Å². The van der Waals surface area contributed by atoms with E-state index in [-0.39, 0.29) is 49.3 Å². The van der Waals surface area contributed by atoms with E-state index in [1.807, 2.05) is 0 Å². The molecule has 1 aliphatic heterocycles. The Labute approximate surface area is 147 Å². The monoisotopic (exact) mass is 348 g/mol. The van der Waals surface area contributed by atoms with Crippen molar-refractivity contribution in [1.82, 2.24) is 9.80 Å². The maximum Gasteiger partial charge on any atom is 0.229 e. The second-order valence-corrected chi connectivity index (χ2v) is 6.34. The van der Waals surface area contributed by atoms with E-state index in [1.54, 1.807) is 17.0 Å². The predicted molar refractivity (Wildman–Crippen MR) is 91.9 cm³/mol. The second-order valence-electron chi connectivity index (χ2n) is 6.34. The van der Waals surface area contributed by atoms with E-state index in [9.17, 15) is 18.8 Å². The van der Waals surface area contributed by atoms with E-state index in [4.69, 9.17) is 0 Å². The van der Waals surface area contributed by atoms with Crippen molar-refractivity contribution in [3.05, 3.63) is 35.6 Å². The third kappa shape index (κ3) is 5.66. The number of rotatable bonds is 9. The SMILES string of the molecule is CCCCCN(Cc1ccc(F)cc1)C(=O)CCN1C(=O)CCC1=O. The van der Waals surface area contributed by atoms with Crippen LogP contribution in [0.3, 0.4) is 0 Å². The summed E-state index contributed by atoms with van der Waals surface area (Å²) in [4.78, 5) is 38.8. The zero-order chi connectivity index (χ0) is 18.2. The summed E-state index contributed by atoms with van der Waals surface area (Å²) in [5.41, 5.74) is 0.861. The fourth-order valence-electron chi connectivity index (χ4n) is 2.89. The molecule has 0 radical (unpaired) electrons. The Bertz CT molecular complexity index is 600. The molecule has 0 atom stereocenters. The summed E-state index contributed by atoms with van der Waals surface area (Å²) >= 11 is 0. The van der Waals surface area contributed by atoms with E-state index >= 15 is 0 Å². The molecule has 0 spiro atoms. The van der Waals surface area contributed by atoms with Crippen LogP contribution in [-0.2, 0) is 20.9 Å². The van der Waals surface area contributed by atoms with Crippen molar-refractivity contribution < 1.29 is 18.8 Å². The molecule has 1 saturated heterocycles. The molecular weight excluding hydrogens is 323 g/mol. The number of likely N-dealkylation sites (tertiary alicyclic amines) is 1. The molecule has 0 saturated carbocycles. The molecule has 0 N–H and O–H groups in total. The molecule has 1 heterocycles. The summed E-state index contributed by atoms with van der Waals surface area (Å²) in [7, 11) is 0. The van der Waals surface area contributed by atoms with E-state index in [0.29, 0.717) is 13.1 Å². The van der Waals surface area contributed by atoms with Gasteiger partial charge in [0.15, 0.2) is 0 Å². The molecule has 2 rings (SSSR count). The van der Waals surface area contributed by atoms with Gasteiger partial charge in [-0.05, 0) is 24.1 Å². The van der Waals surface area contributed by atoms with E-state index in [0.717, 1.165) is 24.8 Å². The Balaban J connectivity index is 1.95. The highest BCUT2D eigenvalue weighted by Crippen LogP contribution is 2.14. The van der Waals surface area contributed by atoms with Gasteiger partial charge in [-0.3, -0.25) is 19.3 Å². The van der Waals surface area contributed by atoms with Crippen molar-refractivity contribution in [2.24, 2.45) is 0 Å². The molecule has 6 heteroatoms. The fourth-order valence-corrected chi connectivity index (χ4v) is 2.89. The van der Waals surface area contributed by atoms with Gasteiger partial charge in [0.05, 0.1) is 0 Å². The number of carbonyl (C=O) groups is 3. The molecule has 25 heavy (non-hydrogen) atoms. The minimum absolute atomic E-state index is 0.0899. The van der Waals surface area contributed by atoms with Crippen LogP contribution in [0.5, 0.6) is 0 Å². The van der Waals surface area contributed by atoms with Gasteiger partial charge in [0.2, 0.25) is 17.7 Å². The maximum absolute atomic E-state index is 13.0. The lowest BCUT2D eigenvalue weighted by atomic mass is 10.1. The van der Waals surface area contributed by atoms with Crippen LogP contribution in [0.15, 0.2) is 24.3 Å². The zero-order valence-electron chi connectivity index (χ0n) is 14.7. The Morgan fingerprint density at radius 3 is 2.36 bits per heavy atom. The third-order valence-electron chi connectivity index (χ3n) is 4.38. The van der Waals surface area contributed by atoms with Gasteiger partial charge >= 0.3 is 0 Å². The third-order valence-corrected chi connectivity index (χ3v) is 4.38. The lowest BCUT2D eigenvalue weighted by Gasteiger charge is -2.24. The van der Waals surface area contributed by atoms with Gasteiger partial charge < -0.3 is 4.90 Å². The Hall–Kier alpha value is -2.24. The van der Waals surface area contributed by atoms with Crippen LogP contribution in [-0.4, -0.2) is 40.6 Å². The minimum atomic E-state index is -0.307. The smallest absolute Gasteiger partial charge is 0.229 e. The zero-order valence-corrected chi connectivity index (χ0v) is 14.7. The number of unbranched alkanes of at least 4 members (excludes halogenated alkanes) is 2. The van der Waals surface area contributed by atoms with Gasteiger partial charge in [0, 0.05) is 38.9 Å². The molecule has 0 bridgehead atoms. The molecule has 1 fully saturated rings. The highest BCUT2D eigenvalue weighted by atomic mass is 19.1. The Kier molecular flexibility index (Phi) is 7.10. The maximum atomic E-state index is 13.0. The molecule has 136 valence electrons. The molecule has 1 aromatic carbocycles. The normalized spacial score (nSPS) is 14.2. The molecule has 5 nitrogen and oxygen atoms in total. The van der Waals surface area contributed by atoms with Crippen LogP contribution < -0.4 is 0 Å². The van der Waals surface area contributed by atoms with Gasteiger partial charge in [0.25, 0.3) is 0 Å². The number of carbonyl (C=O) groups excluding carboxylic acids is 3. The largest absolute Gasteiger partial charge is 0.338 e.